The molecule has 0 fully saturated rings. The summed E-state index contributed by atoms with van der Waals surface area (Å²) in [5.74, 6) is 0.769. The summed E-state index contributed by atoms with van der Waals surface area (Å²) in [7, 11) is 1.67. The number of benzene rings is 1. The number of aromatic nitrogens is 2. The van der Waals surface area contributed by atoms with Crippen LogP contribution in [-0.4, -0.2) is 15.5 Å². The van der Waals surface area contributed by atoms with Crippen LogP contribution in [0.5, 0.6) is 0 Å². The maximum atomic E-state index is 12.6. The third-order valence-electron chi connectivity index (χ3n) is 4.33. The van der Waals surface area contributed by atoms with Gasteiger partial charge in [0.15, 0.2) is 0 Å². The lowest BCUT2D eigenvalue weighted by Gasteiger charge is -2.23. The number of carbonyl (C=O) groups excluding carboxylic acids is 1. The van der Waals surface area contributed by atoms with E-state index in [2.05, 4.69) is 38.0 Å². The molecule has 0 aliphatic heterocycles. The van der Waals surface area contributed by atoms with Crippen molar-refractivity contribution >= 4 is 28.4 Å². The van der Waals surface area contributed by atoms with Crippen molar-refractivity contribution < 1.29 is 4.79 Å². The Hall–Kier alpha value is -1.88. The highest BCUT2D eigenvalue weighted by Gasteiger charge is 2.20. The molecular formula is C20H28ClN3O2. The van der Waals surface area contributed by atoms with Crippen molar-refractivity contribution in [3.8, 4) is 0 Å². The van der Waals surface area contributed by atoms with E-state index in [1.54, 1.807) is 25.2 Å². The molecule has 2 rings (SSSR count). The second-order valence-electron chi connectivity index (χ2n) is 8.36. The van der Waals surface area contributed by atoms with Crippen LogP contribution in [0.3, 0.4) is 0 Å². The van der Waals surface area contributed by atoms with Gasteiger partial charge in [0.25, 0.3) is 5.56 Å². The van der Waals surface area contributed by atoms with Gasteiger partial charge in [0.05, 0.1) is 16.9 Å². The molecule has 0 unspecified atom stereocenters. The van der Waals surface area contributed by atoms with Crippen LogP contribution >= 0.6 is 11.6 Å². The smallest absolute Gasteiger partial charge is 0.261 e. The lowest BCUT2D eigenvalue weighted by Crippen LogP contribution is -2.33. The molecule has 0 aliphatic rings. The summed E-state index contributed by atoms with van der Waals surface area (Å²) in [5.41, 5.74) is 0.579. The largest absolute Gasteiger partial charge is 0.346 e. The minimum absolute atomic E-state index is 0.0327. The van der Waals surface area contributed by atoms with Gasteiger partial charge >= 0.3 is 0 Å². The van der Waals surface area contributed by atoms with Crippen LogP contribution in [0.15, 0.2) is 23.0 Å². The topological polar surface area (TPSA) is 64.0 Å². The van der Waals surface area contributed by atoms with Crippen LogP contribution in [0.25, 0.3) is 10.9 Å². The number of nitrogens with zero attached hydrogens (tertiary/aromatic N) is 2. The Labute approximate surface area is 159 Å². The summed E-state index contributed by atoms with van der Waals surface area (Å²) >= 11 is 6.02. The number of rotatable bonds is 5. The minimum atomic E-state index is -0.370. The van der Waals surface area contributed by atoms with Gasteiger partial charge in [0, 0.05) is 18.5 Å². The fourth-order valence-electron chi connectivity index (χ4n) is 3.45. The molecule has 0 aliphatic carbocycles. The van der Waals surface area contributed by atoms with E-state index in [1.165, 1.54) is 4.57 Å². The van der Waals surface area contributed by atoms with Gasteiger partial charge in [-0.1, -0.05) is 39.3 Å². The molecule has 1 N–H and O–H groups in total. The molecule has 0 radical (unpaired) electrons. The highest BCUT2D eigenvalue weighted by atomic mass is 35.5. The van der Waals surface area contributed by atoms with Gasteiger partial charge in [-0.25, -0.2) is 4.98 Å². The first-order chi connectivity index (χ1) is 12.0. The van der Waals surface area contributed by atoms with Crippen molar-refractivity contribution in [3.63, 3.8) is 0 Å². The van der Waals surface area contributed by atoms with E-state index in [0.717, 1.165) is 6.42 Å². The lowest BCUT2D eigenvalue weighted by molar-refractivity contribution is -0.122. The van der Waals surface area contributed by atoms with Gasteiger partial charge in [-0.15, -0.1) is 0 Å². The standard InChI is InChI=1S/C20H28ClN3O2/c1-12(11-20(3,4)5)9-17(25)22-13(2)18-23-16-10-14(21)7-8-15(16)19(26)24(18)6/h7-8,10,12-13H,9,11H2,1-6H3,(H,22,25)/t12-,13+/m1/s1. The molecule has 1 aromatic heterocycles. The average Bonchev–Trinajstić information content (AvgIpc) is 2.48. The zero-order valence-electron chi connectivity index (χ0n) is 16.4. The fraction of sp³-hybridized carbons (Fsp3) is 0.550. The van der Waals surface area contributed by atoms with Gasteiger partial charge in [-0.2, -0.15) is 0 Å². The van der Waals surface area contributed by atoms with Crippen molar-refractivity contribution in [2.45, 2.75) is 53.5 Å². The third-order valence-corrected chi connectivity index (χ3v) is 4.57. The van der Waals surface area contributed by atoms with Crippen LogP contribution in [0.2, 0.25) is 5.02 Å². The summed E-state index contributed by atoms with van der Waals surface area (Å²) in [6, 6.07) is 4.65. The van der Waals surface area contributed by atoms with Crippen molar-refractivity contribution in [3.05, 3.63) is 39.4 Å². The molecule has 0 bridgehead atoms. The zero-order valence-corrected chi connectivity index (χ0v) is 17.1. The maximum absolute atomic E-state index is 12.6. The number of hydrogen-bond acceptors (Lipinski definition) is 3. The Morgan fingerprint density at radius 2 is 1.96 bits per heavy atom. The molecule has 1 amide bonds. The van der Waals surface area contributed by atoms with Crippen LogP contribution in [-0.2, 0) is 11.8 Å². The number of halogens is 1. The molecule has 26 heavy (non-hydrogen) atoms. The molecule has 1 heterocycles. The molecular weight excluding hydrogens is 350 g/mol. The van der Waals surface area contributed by atoms with Gasteiger partial charge < -0.3 is 5.32 Å². The number of carbonyl (C=O) groups is 1. The second kappa shape index (κ2) is 7.78. The highest BCUT2D eigenvalue weighted by molar-refractivity contribution is 6.31. The predicted molar refractivity (Wildman–Crippen MR) is 106 cm³/mol. The first-order valence-electron chi connectivity index (χ1n) is 8.93. The van der Waals surface area contributed by atoms with E-state index in [-0.39, 0.29) is 28.8 Å². The summed E-state index contributed by atoms with van der Waals surface area (Å²) in [4.78, 5) is 29.5. The highest BCUT2D eigenvalue weighted by Crippen LogP contribution is 2.26. The van der Waals surface area contributed by atoms with Crippen LogP contribution < -0.4 is 10.9 Å². The average molecular weight is 378 g/mol. The Kier molecular flexibility index (Phi) is 6.12. The van der Waals surface area contributed by atoms with Crippen molar-refractivity contribution in [2.24, 2.45) is 18.4 Å². The van der Waals surface area contributed by atoms with E-state index in [0.29, 0.717) is 28.2 Å². The second-order valence-corrected chi connectivity index (χ2v) is 8.80. The molecule has 0 spiro atoms. The fourth-order valence-corrected chi connectivity index (χ4v) is 3.61. The molecule has 0 saturated heterocycles. The lowest BCUT2D eigenvalue weighted by atomic mass is 9.84. The van der Waals surface area contributed by atoms with Gasteiger partial charge in [0.1, 0.15) is 5.82 Å². The normalized spacial score (nSPS) is 14.3. The molecule has 2 atom stereocenters. The molecule has 2 aromatic rings. The predicted octanol–water partition coefficient (Wildman–Crippen LogP) is 4.23. The Morgan fingerprint density at radius 1 is 1.31 bits per heavy atom. The minimum Gasteiger partial charge on any atom is -0.346 e. The monoisotopic (exact) mass is 377 g/mol. The first-order valence-corrected chi connectivity index (χ1v) is 9.31. The first kappa shape index (κ1) is 20.4. The number of hydrogen-bond donors (Lipinski definition) is 1. The number of fused-ring (bicyclic) bond motifs is 1. The van der Waals surface area contributed by atoms with E-state index in [9.17, 15) is 9.59 Å². The van der Waals surface area contributed by atoms with E-state index in [4.69, 9.17) is 11.6 Å². The van der Waals surface area contributed by atoms with Crippen molar-refractivity contribution in [1.29, 1.82) is 0 Å². The quantitative estimate of drug-likeness (QED) is 0.848. The van der Waals surface area contributed by atoms with E-state index in [1.807, 2.05) is 6.92 Å². The summed E-state index contributed by atoms with van der Waals surface area (Å²) in [6.45, 7) is 10.4. The maximum Gasteiger partial charge on any atom is 0.261 e. The molecule has 5 nitrogen and oxygen atoms in total. The molecule has 1 aromatic carbocycles. The Bertz CT molecular complexity index is 868. The summed E-state index contributed by atoms with van der Waals surface area (Å²) in [6.07, 6.45) is 1.43. The van der Waals surface area contributed by atoms with E-state index < -0.39 is 0 Å². The third kappa shape index (κ3) is 5.07. The Morgan fingerprint density at radius 3 is 2.58 bits per heavy atom. The molecule has 142 valence electrons. The molecule has 6 heteroatoms. The summed E-state index contributed by atoms with van der Waals surface area (Å²) < 4.78 is 1.49. The van der Waals surface area contributed by atoms with Crippen LogP contribution in [0, 0.1) is 11.3 Å². The van der Waals surface area contributed by atoms with Crippen molar-refractivity contribution in [2.75, 3.05) is 0 Å². The summed E-state index contributed by atoms with van der Waals surface area (Å²) in [5, 5.41) is 4.00. The van der Waals surface area contributed by atoms with Gasteiger partial charge in [0.2, 0.25) is 5.91 Å². The van der Waals surface area contributed by atoms with Crippen molar-refractivity contribution in [1.82, 2.24) is 14.9 Å². The van der Waals surface area contributed by atoms with Gasteiger partial charge in [-0.05, 0) is 42.9 Å². The molecule has 0 saturated carbocycles. The number of nitrogens with one attached hydrogen (secondary N) is 1. The Balaban J connectivity index is 2.19. The SMILES string of the molecule is C[C@H](CC(=O)N[C@@H](C)c1nc2cc(Cl)ccc2c(=O)n1C)CC(C)(C)C. The zero-order chi connectivity index (χ0) is 19.6. The van der Waals surface area contributed by atoms with Crippen LogP contribution in [0.1, 0.15) is 59.3 Å². The van der Waals surface area contributed by atoms with Gasteiger partial charge in [-0.3, -0.25) is 14.2 Å². The van der Waals surface area contributed by atoms with E-state index >= 15 is 0 Å². The number of amides is 1. The van der Waals surface area contributed by atoms with Crippen LogP contribution in [0.4, 0.5) is 0 Å².